The van der Waals surface area contributed by atoms with Crippen LogP contribution in [-0.4, -0.2) is 42.5 Å². The second kappa shape index (κ2) is 14.6. The first kappa shape index (κ1) is 25.7. The molecule has 0 aromatic heterocycles. The first-order valence-corrected chi connectivity index (χ1v) is 11.0. The lowest BCUT2D eigenvalue weighted by Gasteiger charge is -2.32. The maximum atomic E-state index is 10.6. The highest BCUT2D eigenvalue weighted by Gasteiger charge is 2.24. The van der Waals surface area contributed by atoms with Gasteiger partial charge in [-0.25, -0.2) is 4.79 Å². The van der Waals surface area contributed by atoms with Gasteiger partial charge in [-0.05, 0) is 24.0 Å². The van der Waals surface area contributed by atoms with E-state index in [1.807, 2.05) is 0 Å². The van der Waals surface area contributed by atoms with Crippen molar-refractivity contribution in [3.63, 3.8) is 0 Å². The number of para-hydroxylation sites is 1. The molecule has 0 spiro atoms. The molecule has 30 heavy (non-hydrogen) atoms. The molecule has 0 aliphatic heterocycles. The average Bonchev–Trinajstić information content (AvgIpc) is 2.75. The van der Waals surface area contributed by atoms with E-state index in [2.05, 4.69) is 4.74 Å². The smallest absolute Gasteiger partial charge is 0.339 e. The van der Waals surface area contributed by atoms with Crippen molar-refractivity contribution in [1.82, 2.24) is 4.90 Å². The predicted octanol–water partition coefficient (Wildman–Crippen LogP) is 5.16. The normalized spacial score (nSPS) is 16.8. The molecule has 3 rings (SSSR count). The molecule has 0 heterocycles. The second-order valence-electron chi connectivity index (χ2n) is 8.26. The quantitative estimate of drug-likeness (QED) is 0.414. The summed E-state index contributed by atoms with van der Waals surface area (Å²) in [5, 5.41) is 8.69. The van der Waals surface area contributed by atoms with Crippen molar-refractivity contribution in [2.24, 2.45) is 11.8 Å². The minimum Gasteiger partial charge on any atom is -0.478 e. The third-order valence-electron chi connectivity index (χ3n) is 5.55. The summed E-state index contributed by atoms with van der Waals surface area (Å²) in [6.07, 6.45) is 16.1. The number of hydrogen-bond donors (Lipinski definition) is 1. The number of hydrogen-bond acceptors (Lipinski definition) is 4. The summed E-state index contributed by atoms with van der Waals surface area (Å²) in [5.41, 5.74) is -0.0160. The average molecular weight is 420 g/mol. The molecular weight excluding hydrogens is 382 g/mol. The molecule has 2 aliphatic rings. The van der Waals surface area contributed by atoms with E-state index in [0.29, 0.717) is 0 Å². The Hall–Kier alpha value is -2.37. The summed E-state index contributed by atoms with van der Waals surface area (Å²) < 4.78 is 4.69. The Kier molecular flexibility index (Phi) is 12.5. The Balaban J connectivity index is 0.000000247. The fourth-order valence-corrected chi connectivity index (χ4v) is 4.10. The zero-order valence-corrected chi connectivity index (χ0v) is 18.6. The maximum absolute atomic E-state index is 10.6. The molecule has 1 N–H and O–H groups in total. The van der Waals surface area contributed by atoms with E-state index in [9.17, 15) is 14.4 Å². The van der Waals surface area contributed by atoms with Gasteiger partial charge in [0, 0.05) is 21.0 Å². The van der Waals surface area contributed by atoms with Crippen molar-refractivity contribution in [2.75, 3.05) is 14.1 Å². The third kappa shape index (κ3) is 10.4. The molecule has 0 atom stereocenters. The number of carbonyl (C=O) groups excluding carboxylic acids is 2. The van der Waals surface area contributed by atoms with E-state index in [4.69, 9.17) is 5.11 Å². The molecule has 1 amide bonds. The van der Waals surface area contributed by atoms with E-state index in [1.165, 1.54) is 62.5 Å². The van der Waals surface area contributed by atoms with E-state index in [-0.39, 0.29) is 11.3 Å². The lowest BCUT2D eigenvalue weighted by molar-refractivity contribution is -0.131. The number of esters is 1. The fourth-order valence-electron chi connectivity index (χ4n) is 4.10. The zero-order valence-electron chi connectivity index (χ0n) is 18.6. The Labute approximate surface area is 180 Å². The molecule has 6 heteroatoms. The van der Waals surface area contributed by atoms with Crippen LogP contribution < -0.4 is 4.74 Å². The van der Waals surface area contributed by atoms with Gasteiger partial charge in [0.1, 0.15) is 11.3 Å². The minimum absolute atomic E-state index is 0.0160. The van der Waals surface area contributed by atoms with Crippen molar-refractivity contribution >= 4 is 18.3 Å². The van der Waals surface area contributed by atoms with Crippen LogP contribution in [0, 0.1) is 11.8 Å². The van der Waals surface area contributed by atoms with Crippen molar-refractivity contribution in [1.29, 1.82) is 0 Å². The molecule has 0 saturated heterocycles. The summed E-state index contributed by atoms with van der Waals surface area (Å²) >= 11 is 0. The number of carbonyl (C=O) groups is 3. The lowest BCUT2D eigenvalue weighted by Crippen LogP contribution is -2.20. The van der Waals surface area contributed by atoms with Gasteiger partial charge in [0.05, 0.1) is 0 Å². The van der Waals surface area contributed by atoms with Gasteiger partial charge in [-0.2, -0.15) is 0 Å². The highest BCUT2D eigenvalue weighted by Crippen LogP contribution is 2.37. The third-order valence-corrected chi connectivity index (χ3v) is 5.55. The minimum atomic E-state index is -1.11. The van der Waals surface area contributed by atoms with Crippen LogP contribution in [0.1, 0.15) is 81.5 Å². The Bertz CT molecular complexity index is 631. The van der Waals surface area contributed by atoms with Gasteiger partial charge in [-0.3, -0.25) is 9.59 Å². The molecule has 0 unspecified atom stereocenters. The Morgan fingerprint density at radius 2 is 1.37 bits per heavy atom. The first-order chi connectivity index (χ1) is 14.3. The van der Waals surface area contributed by atoms with Crippen LogP contribution in [0.2, 0.25) is 0 Å². The lowest BCUT2D eigenvalue weighted by atomic mass is 9.73. The molecule has 2 fully saturated rings. The summed E-state index contributed by atoms with van der Waals surface area (Å²) in [7, 11) is 3.38. The number of nitrogens with zero attached hydrogens (tertiary/aromatic N) is 1. The van der Waals surface area contributed by atoms with E-state index >= 15 is 0 Å². The van der Waals surface area contributed by atoms with E-state index in [0.717, 1.165) is 18.2 Å². The van der Waals surface area contributed by atoms with Gasteiger partial charge in [0.25, 0.3) is 0 Å². The van der Waals surface area contributed by atoms with Crippen LogP contribution >= 0.6 is 0 Å². The molecular formula is C24H37NO5. The Morgan fingerprint density at radius 1 is 0.933 bits per heavy atom. The van der Waals surface area contributed by atoms with Crippen molar-refractivity contribution < 1.29 is 24.2 Å². The zero-order chi connectivity index (χ0) is 22.4. The summed E-state index contributed by atoms with van der Waals surface area (Å²) in [6.45, 7) is 1.22. The van der Waals surface area contributed by atoms with Crippen molar-refractivity contribution in [3.8, 4) is 5.75 Å². The molecule has 1 aromatic rings. The van der Waals surface area contributed by atoms with Crippen molar-refractivity contribution in [3.05, 3.63) is 29.8 Å². The van der Waals surface area contributed by atoms with Crippen LogP contribution in [0.15, 0.2) is 24.3 Å². The monoisotopic (exact) mass is 419 g/mol. The van der Waals surface area contributed by atoms with Crippen LogP contribution in [0.4, 0.5) is 0 Å². The van der Waals surface area contributed by atoms with Crippen LogP contribution in [0.5, 0.6) is 5.75 Å². The predicted molar refractivity (Wildman–Crippen MR) is 118 cm³/mol. The number of amides is 1. The standard InChI is InChI=1S/C12H22.C9H8O4.C3H7NO/c1-3-7-11(8-4-1)12-9-5-2-6-10-12;1-6(10)13-8-5-3-2-4-7(8)9(11)12;1-4(2)3-5/h11-12H,1-10H2;2-5H,1H3,(H,11,12);3H,1-2H3. The van der Waals surface area contributed by atoms with Crippen LogP contribution in [0.25, 0.3) is 0 Å². The topological polar surface area (TPSA) is 83.9 Å². The number of benzene rings is 1. The van der Waals surface area contributed by atoms with Gasteiger partial charge >= 0.3 is 11.9 Å². The van der Waals surface area contributed by atoms with Gasteiger partial charge in [-0.1, -0.05) is 76.3 Å². The summed E-state index contributed by atoms with van der Waals surface area (Å²) in [4.78, 5) is 32.1. The SMILES string of the molecule is C1CCC(C2CCCCC2)CC1.CC(=O)Oc1ccccc1C(=O)O.CN(C)C=O. The largest absolute Gasteiger partial charge is 0.478 e. The molecule has 2 aliphatic carbocycles. The van der Waals surface area contributed by atoms with Gasteiger partial charge in [0.15, 0.2) is 0 Å². The van der Waals surface area contributed by atoms with Gasteiger partial charge < -0.3 is 14.7 Å². The van der Waals surface area contributed by atoms with E-state index in [1.54, 1.807) is 51.9 Å². The highest BCUT2D eigenvalue weighted by molar-refractivity contribution is 5.91. The fraction of sp³-hybridized carbons (Fsp3) is 0.625. The molecule has 0 bridgehead atoms. The van der Waals surface area contributed by atoms with Crippen LogP contribution in [-0.2, 0) is 9.59 Å². The summed E-state index contributed by atoms with van der Waals surface area (Å²) in [6, 6.07) is 5.98. The molecule has 6 nitrogen and oxygen atoms in total. The molecule has 2 saturated carbocycles. The number of carboxylic acids is 1. The van der Waals surface area contributed by atoms with Gasteiger partial charge in [0.2, 0.25) is 6.41 Å². The molecule has 168 valence electrons. The summed E-state index contributed by atoms with van der Waals surface area (Å²) in [5.74, 6) is 0.700. The number of aromatic carboxylic acids is 1. The first-order valence-electron chi connectivity index (χ1n) is 11.0. The number of rotatable bonds is 4. The number of ether oxygens (including phenoxy) is 1. The highest BCUT2D eigenvalue weighted by atomic mass is 16.5. The van der Waals surface area contributed by atoms with Crippen LogP contribution in [0.3, 0.4) is 0 Å². The van der Waals surface area contributed by atoms with Crippen molar-refractivity contribution in [2.45, 2.75) is 71.1 Å². The van der Waals surface area contributed by atoms with Gasteiger partial charge in [-0.15, -0.1) is 0 Å². The Morgan fingerprint density at radius 3 is 1.73 bits per heavy atom. The van der Waals surface area contributed by atoms with E-state index < -0.39 is 11.9 Å². The molecule has 1 aromatic carbocycles. The maximum Gasteiger partial charge on any atom is 0.339 e. The second-order valence-corrected chi connectivity index (χ2v) is 8.26. The number of carboxylic acid groups (broad SMARTS) is 1. The molecule has 0 radical (unpaired) electrons.